The van der Waals surface area contributed by atoms with Gasteiger partial charge < -0.3 is 9.47 Å². The Morgan fingerprint density at radius 3 is 2.61 bits per heavy atom. The first kappa shape index (κ1) is 20.5. The Morgan fingerprint density at radius 1 is 1.21 bits per heavy atom. The Hall–Kier alpha value is -2.28. The number of allylic oxidation sites excluding steroid dienone is 2. The highest BCUT2D eigenvalue weighted by Gasteiger charge is 2.16. The number of benzene rings is 1. The van der Waals surface area contributed by atoms with Crippen LogP contribution in [0.3, 0.4) is 0 Å². The molecular formula is C21H26N2O4S. The summed E-state index contributed by atoms with van der Waals surface area (Å²) in [5.74, 6) is 1.36. The average Bonchev–Trinajstić information content (AvgIpc) is 2.71. The number of aromatic nitrogens is 2. The quantitative estimate of drug-likeness (QED) is 0.378. The minimum absolute atomic E-state index is 0.0493. The number of ketones is 1. The number of Topliss-reactive ketones (excluding diaryl/α,β-unsaturated/α-hetero) is 1. The number of carbonyl (C=O) groups is 1. The number of nitrogens with zero attached hydrogens (tertiary/aromatic N) is 2. The highest BCUT2D eigenvalue weighted by molar-refractivity contribution is 7.99. The summed E-state index contributed by atoms with van der Waals surface area (Å²) in [6.07, 6.45) is 7.77. The van der Waals surface area contributed by atoms with E-state index < -0.39 is 0 Å². The highest BCUT2D eigenvalue weighted by atomic mass is 32.2. The van der Waals surface area contributed by atoms with Crippen molar-refractivity contribution in [1.29, 1.82) is 0 Å². The molecule has 1 aromatic heterocycles. The normalized spacial score (nSPS) is 14.0. The fourth-order valence-corrected chi connectivity index (χ4v) is 4.21. The molecule has 0 radical (unpaired) electrons. The molecule has 0 saturated carbocycles. The van der Waals surface area contributed by atoms with Gasteiger partial charge >= 0.3 is 0 Å². The monoisotopic (exact) mass is 402 g/mol. The second-order valence-electron chi connectivity index (χ2n) is 6.92. The molecule has 0 bridgehead atoms. The smallest absolute Gasteiger partial charge is 0.262 e. The van der Waals surface area contributed by atoms with Crippen LogP contribution in [0.15, 0.2) is 33.7 Å². The number of methoxy groups -OCH3 is 2. The molecule has 1 aliphatic carbocycles. The maximum absolute atomic E-state index is 13.2. The standard InChI is InChI=1S/C21H26N2O4S/c1-14(24)13-28-21-22-17-12-19(27-3)18(26-2)11-16(17)20(25)23(21)10-9-15-7-5-4-6-8-15/h7,11-12H,4-6,8-10,13H2,1-3H3. The maximum Gasteiger partial charge on any atom is 0.262 e. The fourth-order valence-electron chi connectivity index (χ4n) is 3.39. The van der Waals surface area contributed by atoms with Crippen LogP contribution in [-0.2, 0) is 11.3 Å². The summed E-state index contributed by atoms with van der Waals surface area (Å²) in [5.41, 5.74) is 1.82. The van der Waals surface area contributed by atoms with Gasteiger partial charge in [-0.2, -0.15) is 0 Å². The lowest BCUT2D eigenvalue weighted by Crippen LogP contribution is -2.24. The Bertz CT molecular complexity index is 965. The second kappa shape index (κ2) is 9.28. The first-order valence-corrected chi connectivity index (χ1v) is 10.5. The van der Waals surface area contributed by atoms with E-state index in [1.165, 1.54) is 37.1 Å². The van der Waals surface area contributed by atoms with Gasteiger partial charge in [0, 0.05) is 12.6 Å². The van der Waals surface area contributed by atoms with Crippen molar-refractivity contribution in [2.75, 3.05) is 20.0 Å². The molecule has 0 amide bonds. The van der Waals surface area contributed by atoms with E-state index in [1.807, 2.05) is 0 Å². The van der Waals surface area contributed by atoms with Crippen molar-refractivity contribution < 1.29 is 14.3 Å². The predicted molar refractivity (Wildman–Crippen MR) is 112 cm³/mol. The van der Waals surface area contributed by atoms with Crippen molar-refractivity contribution in [1.82, 2.24) is 9.55 Å². The van der Waals surface area contributed by atoms with Crippen molar-refractivity contribution in [2.45, 2.75) is 50.7 Å². The molecule has 0 atom stereocenters. The van der Waals surface area contributed by atoms with Gasteiger partial charge in [-0.25, -0.2) is 4.98 Å². The van der Waals surface area contributed by atoms with Crippen molar-refractivity contribution in [2.24, 2.45) is 0 Å². The van der Waals surface area contributed by atoms with Crippen molar-refractivity contribution in [3.63, 3.8) is 0 Å². The summed E-state index contributed by atoms with van der Waals surface area (Å²) in [4.78, 5) is 29.4. The molecule has 7 heteroatoms. The van der Waals surface area contributed by atoms with Gasteiger partial charge in [0.15, 0.2) is 16.7 Å². The fraction of sp³-hybridized carbons (Fsp3) is 0.476. The molecule has 2 aromatic rings. The van der Waals surface area contributed by atoms with Crippen molar-refractivity contribution in [3.8, 4) is 11.5 Å². The number of rotatable bonds is 8. The summed E-state index contributed by atoms with van der Waals surface area (Å²) in [7, 11) is 3.09. The van der Waals surface area contributed by atoms with Gasteiger partial charge in [0.25, 0.3) is 5.56 Å². The average molecular weight is 403 g/mol. The van der Waals surface area contributed by atoms with E-state index in [0.29, 0.717) is 34.1 Å². The van der Waals surface area contributed by atoms with Crippen molar-refractivity contribution >= 4 is 28.4 Å². The molecule has 150 valence electrons. The van der Waals surface area contributed by atoms with Crippen LogP contribution in [0.1, 0.15) is 39.0 Å². The molecule has 3 rings (SSSR count). The first-order chi connectivity index (χ1) is 13.5. The van der Waals surface area contributed by atoms with Gasteiger partial charge in [-0.3, -0.25) is 14.2 Å². The van der Waals surface area contributed by atoms with Gasteiger partial charge in [-0.15, -0.1) is 0 Å². The maximum atomic E-state index is 13.2. The van der Waals surface area contributed by atoms with Gasteiger partial charge in [-0.05, 0) is 45.1 Å². The largest absolute Gasteiger partial charge is 0.493 e. The van der Waals surface area contributed by atoms with Gasteiger partial charge in [0.2, 0.25) is 0 Å². The zero-order valence-corrected chi connectivity index (χ0v) is 17.4. The molecule has 0 fully saturated rings. The SMILES string of the molecule is COc1cc2nc(SCC(C)=O)n(CCC3=CCCCC3)c(=O)c2cc1OC. The van der Waals surface area contributed by atoms with E-state index in [4.69, 9.17) is 9.47 Å². The van der Waals surface area contributed by atoms with Crippen LogP contribution < -0.4 is 15.0 Å². The van der Waals surface area contributed by atoms with Crippen LogP contribution in [0.25, 0.3) is 10.9 Å². The van der Waals surface area contributed by atoms with Gasteiger partial charge in [-0.1, -0.05) is 23.4 Å². The third kappa shape index (κ3) is 4.58. The molecule has 1 aromatic carbocycles. The van der Waals surface area contributed by atoms with Crippen LogP contribution in [-0.4, -0.2) is 35.3 Å². The van der Waals surface area contributed by atoms with E-state index in [9.17, 15) is 9.59 Å². The highest BCUT2D eigenvalue weighted by Crippen LogP contribution is 2.31. The van der Waals surface area contributed by atoms with Crippen LogP contribution >= 0.6 is 11.8 Å². The van der Waals surface area contributed by atoms with Gasteiger partial charge in [0.05, 0.1) is 30.9 Å². The molecule has 6 nitrogen and oxygen atoms in total. The lowest BCUT2D eigenvalue weighted by Gasteiger charge is -2.17. The molecule has 1 heterocycles. The van der Waals surface area contributed by atoms with Crippen LogP contribution in [0.4, 0.5) is 0 Å². The minimum Gasteiger partial charge on any atom is -0.493 e. The third-order valence-corrected chi connectivity index (χ3v) is 5.99. The number of hydrogen-bond donors (Lipinski definition) is 0. The summed E-state index contributed by atoms with van der Waals surface area (Å²) in [6.45, 7) is 2.10. The minimum atomic E-state index is -0.117. The molecule has 1 aliphatic rings. The Labute approximate surface area is 168 Å². The van der Waals surface area contributed by atoms with Crippen LogP contribution in [0, 0.1) is 0 Å². The molecule has 0 N–H and O–H groups in total. The third-order valence-electron chi connectivity index (χ3n) is 4.87. The summed E-state index contributed by atoms with van der Waals surface area (Å²) >= 11 is 1.30. The number of hydrogen-bond acceptors (Lipinski definition) is 6. The van der Waals surface area contributed by atoms with Crippen LogP contribution in [0.2, 0.25) is 0 Å². The molecule has 28 heavy (non-hydrogen) atoms. The van der Waals surface area contributed by atoms with Crippen LogP contribution in [0.5, 0.6) is 11.5 Å². The molecule has 0 aliphatic heterocycles. The predicted octanol–water partition coefficient (Wildman–Crippen LogP) is 3.99. The lowest BCUT2D eigenvalue weighted by atomic mass is 9.97. The zero-order valence-electron chi connectivity index (χ0n) is 16.6. The summed E-state index contributed by atoms with van der Waals surface area (Å²) < 4.78 is 12.4. The first-order valence-electron chi connectivity index (χ1n) is 9.50. The van der Waals surface area contributed by atoms with E-state index >= 15 is 0 Å². The number of thioether (sulfide) groups is 1. The molecule has 0 saturated heterocycles. The number of carbonyl (C=O) groups excluding carboxylic acids is 1. The Balaban J connectivity index is 2.04. The molecular weight excluding hydrogens is 376 g/mol. The number of ether oxygens (including phenoxy) is 2. The second-order valence-corrected chi connectivity index (χ2v) is 7.87. The molecule has 0 spiro atoms. The zero-order chi connectivity index (χ0) is 20.1. The van der Waals surface area contributed by atoms with Crippen molar-refractivity contribution in [3.05, 3.63) is 34.1 Å². The van der Waals surface area contributed by atoms with E-state index in [-0.39, 0.29) is 17.1 Å². The number of fused-ring (bicyclic) bond motifs is 1. The van der Waals surface area contributed by atoms with E-state index in [2.05, 4.69) is 11.1 Å². The Kier molecular flexibility index (Phi) is 6.78. The van der Waals surface area contributed by atoms with E-state index in [0.717, 1.165) is 19.3 Å². The summed E-state index contributed by atoms with van der Waals surface area (Å²) in [6, 6.07) is 3.39. The topological polar surface area (TPSA) is 70.4 Å². The Morgan fingerprint density at radius 2 is 1.96 bits per heavy atom. The van der Waals surface area contributed by atoms with Gasteiger partial charge in [0.1, 0.15) is 5.78 Å². The lowest BCUT2D eigenvalue weighted by molar-refractivity contribution is -0.114. The summed E-state index contributed by atoms with van der Waals surface area (Å²) in [5, 5.41) is 1.05. The molecule has 0 unspecified atom stereocenters. The van der Waals surface area contributed by atoms with E-state index in [1.54, 1.807) is 30.9 Å².